The standard InChI is InChI=1S/C28H34N4O4/c33-27-23-5-2-1-4-22(23)24(30-27)16-20(19-6-7-25-26(17-19)36-18-35-25)8-13-31-14-9-21(10-15-31)32-12-3-11-29-28(32)34/h1-2,4-7,17,20-21,24H,3,8-16,18H2,(H,29,34)(H,30,33). The monoisotopic (exact) mass is 490 g/mol. The smallest absolute Gasteiger partial charge is 0.317 e. The zero-order valence-corrected chi connectivity index (χ0v) is 20.6. The summed E-state index contributed by atoms with van der Waals surface area (Å²) in [4.78, 5) is 29.4. The molecule has 0 spiro atoms. The van der Waals surface area contributed by atoms with Gasteiger partial charge in [-0.05, 0) is 73.9 Å². The zero-order valence-electron chi connectivity index (χ0n) is 20.6. The second kappa shape index (κ2) is 10.0. The molecule has 0 aliphatic carbocycles. The van der Waals surface area contributed by atoms with Gasteiger partial charge in [0.2, 0.25) is 6.79 Å². The van der Waals surface area contributed by atoms with Gasteiger partial charge in [-0.1, -0.05) is 24.3 Å². The van der Waals surface area contributed by atoms with Crippen LogP contribution >= 0.6 is 0 Å². The summed E-state index contributed by atoms with van der Waals surface area (Å²) in [5, 5.41) is 6.19. The highest BCUT2D eigenvalue weighted by Crippen LogP contribution is 2.40. The third-order valence-electron chi connectivity index (χ3n) is 8.18. The summed E-state index contributed by atoms with van der Waals surface area (Å²) in [7, 11) is 0. The van der Waals surface area contributed by atoms with Crippen LogP contribution in [0.25, 0.3) is 0 Å². The molecule has 4 aliphatic heterocycles. The van der Waals surface area contributed by atoms with E-state index in [2.05, 4.69) is 33.7 Å². The molecule has 8 heteroatoms. The number of likely N-dealkylation sites (tertiary alicyclic amines) is 1. The summed E-state index contributed by atoms with van der Waals surface area (Å²) in [6.45, 7) is 4.93. The third kappa shape index (κ3) is 4.62. The van der Waals surface area contributed by atoms with Crippen LogP contribution < -0.4 is 20.1 Å². The molecule has 4 heterocycles. The molecule has 0 saturated carbocycles. The average Bonchev–Trinajstić information content (AvgIpc) is 3.51. The molecule has 8 nitrogen and oxygen atoms in total. The Morgan fingerprint density at radius 1 is 1.00 bits per heavy atom. The van der Waals surface area contributed by atoms with Crippen LogP contribution in [0.5, 0.6) is 11.5 Å². The molecule has 0 radical (unpaired) electrons. The molecule has 2 fully saturated rings. The highest BCUT2D eigenvalue weighted by Gasteiger charge is 2.32. The number of hydrogen-bond acceptors (Lipinski definition) is 5. The molecule has 36 heavy (non-hydrogen) atoms. The van der Waals surface area contributed by atoms with E-state index in [0.717, 1.165) is 87.5 Å². The van der Waals surface area contributed by atoms with Crippen LogP contribution in [0.3, 0.4) is 0 Å². The van der Waals surface area contributed by atoms with E-state index in [9.17, 15) is 9.59 Å². The molecule has 3 amide bonds. The molecule has 4 aliphatic rings. The largest absolute Gasteiger partial charge is 0.454 e. The molecule has 2 unspecified atom stereocenters. The predicted octanol–water partition coefficient (Wildman–Crippen LogP) is 3.64. The van der Waals surface area contributed by atoms with E-state index in [4.69, 9.17) is 9.47 Å². The number of rotatable bonds is 7. The molecular formula is C28H34N4O4. The highest BCUT2D eigenvalue weighted by atomic mass is 16.7. The topological polar surface area (TPSA) is 83.1 Å². The van der Waals surface area contributed by atoms with Crippen molar-refractivity contribution in [2.75, 3.05) is 39.5 Å². The molecule has 0 aromatic heterocycles. The molecule has 2 atom stereocenters. The number of hydrogen-bond donors (Lipinski definition) is 2. The molecule has 0 bridgehead atoms. The van der Waals surface area contributed by atoms with Crippen molar-refractivity contribution in [2.24, 2.45) is 0 Å². The Kier molecular flexibility index (Phi) is 6.44. The van der Waals surface area contributed by atoms with Gasteiger partial charge >= 0.3 is 6.03 Å². The summed E-state index contributed by atoms with van der Waals surface area (Å²) >= 11 is 0. The lowest BCUT2D eigenvalue weighted by atomic mass is 9.86. The maximum Gasteiger partial charge on any atom is 0.317 e. The Hall–Kier alpha value is -3.26. The summed E-state index contributed by atoms with van der Waals surface area (Å²) < 4.78 is 11.2. The van der Waals surface area contributed by atoms with Gasteiger partial charge in [-0.25, -0.2) is 4.79 Å². The Labute approximate surface area is 211 Å². The molecule has 2 saturated heterocycles. The van der Waals surface area contributed by atoms with Gasteiger partial charge in [0.1, 0.15) is 0 Å². The van der Waals surface area contributed by atoms with E-state index in [1.54, 1.807) is 0 Å². The maximum absolute atomic E-state index is 12.5. The fraction of sp³-hybridized carbons (Fsp3) is 0.500. The number of carbonyl (C=O) groups is 2. The first-order valence-electron chi connectivity index (χ1n) is 13.2. The predicted molar refractivity (Wildman–Crippen MR) is 135 cm³/mol. The van der Waals surface area contributed by atoms with Crippen LogP contribution in [0.2, 0.25) is 0 Å². The van der Waals surface area contributed by atoms with Crippen molar-refractivity contribution in [3.63, 3.8) is 0 Å². The summed E-state index contributed by atoms with van der Waals surface area (Å²) in [5.41, 5.74) is 3.10. The zero-order chi connectivity index (χ0) is 24.5. The van der Waals surface area contributed by atoms with E-state index in [1.807, 2.05) is 29.2 Å². The van der Waals surface area contributed by atoms with Crippen LogP contribution in [-0.4, -0.2) is 67.3 Å². The van der Waals surface area contributed by atoms with Crippen LogP contribution in [-0.2, 0) is 0 Å². The number of nitrogens with one attached hydrogen (secondary N) is 2. The van der Waals surface area contributed by atoms with Crippen LogP contribution in [0, 0.1) is 0 Å². The third-order valence-corrected chi connectivity index (χ3v) is 8.18. The first kappa shape index (κ1) is 23.2. The van der Waals surface area contributed by atoms with E-state index >= 15 is 0 Å². The van der Waals surface area contributed by atoms with E-state index in [0.29, 0.717) is 6.04 Å². The lowest BCUT2D eigenvalue weighted by molar-refractivity contribution is 0.0953. The Bertz CT molecular complexity index is 1130. The number of benzene rings is 2. The molecule has 2 aromatic carbocycles. The molecule has 190 valence electrons. The minimum absolute atomic E-state index is 0.00692. The Morgan fingerprint density at radius 2 is 1.83 bits per heavy atom. The number of amides is 3. The molecule has 2 aromatic rings. The minimum Gasteiger partial charge on any atom is -0.454 e. The van der Waals surface area contributed by atoms with Crippen LogP contribution in [0.4, 0.5) is 4.79 Å². The number of fused-ring (bicyclic) bond motifs is 2. The molecule has 2 N–H and O–H groups in total. The van der Waals surface area contributed by atoms with Crippen molar-refractivity contribution >= 4 is 11.9 Å². The lowest BCUT2D eigenvalue weighted by Gasteiger charge is -2.40. The average molecular weight is 491 g/mol. The van der Waals surface area contributed by atoms with Gasteiger partial charge in [0.25, 0.3) is 5.91 Å². The van der Waals surface area contributed by atoms with Crippen molar-refractivity contribution < 1.29 is 19.1 Å². The van der Waals surface area contributed by atoms with Crippen molar-refractivity contribution in [3.05, 3.63) is 59.2 Å². The van der Waals surface area contributed by atoms with E-state index in [1.165, 1.54) is 5.56 Å². The fourth-order valence-electron chi connectivity index (χ4n) is 6.17. The van der Waals surface area contributed by atoms with Crippen molar-refractivity contribution in [3.8, 4) is 11.5 Å². The quantitative estimate of drug-likeness (QED) is 0.619. The van der Waals surface area contributed by atoms with Gasteiger partial charge in [0, 0.05) is 37.8 Å². The van der Waals surface area contributed by atoms with Gasteiger partial charge in [0.05, 0.1) is 6.04 Å². The van der Waals surface area contributed by atoms with Gasteiger partial charge in [-0.3, -0.25) is 4.79 Å². The molecular weight excluding hydrogens is 456 g/mol. The van der Waals surface area contributed by atoms with Gasteiger partial charge in [0.15, 0.2) is 11.5 Å². The second-order valence-electron chi connectivity index (χ2n) is 10.3. The first-order valence-corrected chi connectivity index (χ1v) is 13.2. The van der Waals surface area contributed by atoms with Gasteiger partial charge in [-0.15, -0.1) is 0 Å². The second-order valence-corrected chi connectivity index (χ2v) is 10.3. The number of nitrogens with zero attached hydrogens (tertiary/aromatic N) is 2. The summed E-state index contributed by atoms with van der Waals surface area (Å²) in [6, 6.07) is 14.6. The Balaban J connectivity index is 1.13. The first-order chi connectivity index (χ1) is 17.7. The summed E-state index contributed by atoms with van der Waals surface area (Å²) in [6.07, 6.45) is 4.90. The van der Waals surface area contributed by atoms with Gasteiger partial charge in [-0.2, -0.15) is 0 Å². The minimum atomic E-state index is 0.00692. The number of carbonyl (C=O) groups excluding carboxylic acids is 2. The lowest BCUT2D eigenvalue weighted by Crippen LogP contribution is -2.54. The maximum atomic E-state index is 12.5. The van der Waals surface area contributed by atoms with Crippen molar-refractivity contribution in [2.45, 2.75) is 50.1 Å². The number of ether oxygens (including phenoxy) is 2. The van der Waals surface area contributed by atoms with Crippen molar-refractivity contribution in [1.82, 2.24) is 20.4 Å². The van der Waals surface area contributed by atoms with E-state index in [-0.39, 0.29) is 30.7 Å². The SMILES string of the molecule is O=C1NC(CC(CCN2CCC(N3CCCNC3=O)CC2)c2ccc3c(c2)OCO3)c2ccccc21. The highest BCUT2D eigenvalue weighted by molar-refractivity contribution is 5.99. The van der Waals surface area contributed by atoms with Crippen LogP contribution in [0.1, 0.15) is 65.5 Å². The number of urea groups is 1. The molecule has 6 rings (SSSR count). The normalized spacial score (nSPS) is 22.8. The number of piperidine rings is 1. The van der Waals surface area contributed by atoms with Crippen molar-refractivity contribution in [1.29, 1.82) is 0 Å². The Morgan fingerprint density at radius 3 is 2.69 bits per heavy atom. The van der Waals surface area contributed by atoms with E-state index < -0.39 is 0 Å². The summed E-state index contributed by atoms with van der Waals surface area (Å²) in [5.74, 6) is 1.88. The van der Waals surface area contributed by atoms with Gasteiger partial charge < -0.3 is 29.9 Å². The fourth-order valence-corrected chi connectivity index (χ4v) is 6.17. The van der Waals surface area contributed by atoms with Crippen LogP contribution in [0.15, 0.2) is 42.5 Å².